The lowest BCUT2D eigenvalue weighted by atomic mass is 10.0. The van der Waals surface area contributed by atoms with Crippen LogP contribution < -0.4 is 43.4 Å². The minimum Gasteiger partial charge on any atom is -0.481 e. The summed E-state index contributed by atoms with van der Waals surface area (Å²) in [7, 11) is 0. The van der Waals surface area contributed by atoms with Crippen LogP contribution in [0.15, 0.2) is 91.0 Å². The Morgan fingerprint density at radius 2 is 0.879 bits per heavy atom. The van der Waals surface area contributed by atoms with Gasteiger partial charge >= 0.3 is 17.9 Å². The lowest BCUT2D eigenvalue weighted by Crippen LogP contribution is -2.61. The van der Waals surface area contributed by atoms with Crippen LogP contribution in [0.1, 0.15) is 49.3 Å². The third-order valence-electron chi connectivity index (χ3n) is 9.84. The molecule has 66 heavy (non-hydrogen) atoms. The van der Waals surface area contributed by atoms with Crippen molar-refractivity contribution in [2.24, 2.45) is 11.5 Å². The van der Waals surface area contributed by atoms with Gasteiger partial charge in [-0.1, -0.05) is 91.0 Å². The Morgan fingerprint density at radius 3 is 1.32 bits per heavy atom. The molecule has 0 aliphatic carbocycles. The standard InChI is InChI=1S/C44H54N8O14/c1-24(53)37(52-38(59)28(45)19-25-11-5-2-6-12-25)43(64)50-30(20-26-13-7-3-8-14-26)40(61)48-31(22-34(46)54)41(62)47-29(17-18-35(55)56)39(60)49-32(23-36(57)58)42(63)51-33(44(65)66)21-27-15-9-4-10-16-27/h2-16,24,28-33,37,53H,17-23,45H2,1H3,(H2,46,54)(H,47,62)(H,48,61)(H,49,60)(H,50,64)(H,51,63)(H,52,59)(H,55,56)(H,57,58)(H,65,66). The van der Waals surface area contributed by atoms with Crippen LogP contribution in [0, 0.1) is 0 Å². The second-order valence-electron chi connectivity index (χ2n) is 15.2. The van der Waals surface area contributed by atoms with Crippen molar-refractivity contribution in [2.45, 2.75) is 100 Å². The van der Waals surface area contributed by atoms with Gasteiger partial charge in [-0.3, -0.25) is 43.2 Å². The van der Waals surface area contributed by atoms with E-state index in [0.717, 1.165) is 5.56 Å². The largest absolute Gasteiger partial charge is 0.481 e. The Hall–Kier alpha value is -7.72. The van der Waals surface area contributed by atoms with Crippen LogP contribution in [0.25, 0.3) is 0 Å². The first-order valence-electron chi connectivity index (χ1n) is 20.6. The van der Waals surface area contributed by atoms with E-state index < -0.39 is 133 Å². The van der Waals surface area contributed by atoms with Crippen molar-refractivity contribution in [1.82, 2.24) is 31.9 Å². The number of amides is 7. The lowest BCUT2D eigenvalue weighted by molar-refractivity contribution is -0.143. The van der Waals surface area contributed by atoms with Gasteiger partial charge in [0.2, 0.25) is 41.4 Å². The minimum absolute atomic E-state index is 0.0860. The molecule has 22 nitrogen and oxygen atoms in total. The van der Waals surface area contributed by atoms with Gasteiger partial charge in [0.25, 0.3) is 0 Å². The summed E-state index contributed by atoms with van der Waals surface area (Å²) in [4.78, 5) is 129. The first kappa shape index (κ1) is 52.6. The van der Waals surface area contributed by atoms with Gasteiger partial charge in [0.05, 0.1) is 25.0 Å². The fraction of sp³-hybridized carbons (Fsp3) is 0.364. The van der Waals surface area contributed by atoms with Gasteiger partial charge in [-0.25, -0.2) is 4.79 Å². The van der Waals surface area contributed by atoms with Crippen molar-refractivity contribution >= 4 is 59.3 Å². The number of nitrogens with two attached hydrogens (primary N) is 2. The van der Waals surface area contributed by atoms with E-state index in [4.69, 9.17) is 11.5 Å². The number of nitrogens with one attached hydrogen (secondary N) is 6. The molecular weight excluding hydrogens is 865 g/mol. The molecule has 3 aromatic carbocycles. The molecule has 0 fully saturated rings. The average Bonchev–Trinajstić information content (AvgIpc) is 3.26. The number of carboxylic acid groups (broad SMARTS) is 3. The number of rotatable bonds is 27. The molecule has 8 atom stereocenters. The lowest BCUT2D eigenvalue weighted by Gasteiger charge is -2.28. The van der Waals surface area contributed by atoms with Crippen molar-refractivity contribution in [3.05, 3.63) is 108 Å². The number of hydrogen-bond donors (Lipinski definition) is 12. The molecule has 0 saturated heterocycles. The molecule has 354 valence electrons. The molecule has 0 aromatic heterocycles. The zero-order chi connectivity index (χ0) is 48.9. The van der Waals surface area contributed by atoms with Crippen LogP contribution in [0.2, 0.25) is 0 Å². The van der Waals surface area contributed by atoms with Gasteiger partial charge in [-0.05, 0) is 36.5 Å². The number of hydrogen-bond acceptors (Lipinski definition) is 12. The predicted octanol–water partition coefficient (Wildman–Crippen LogP) is -2.37. The number of aliphatic carboxylic acids is 3. The minimum atomic E-state index is -1.95. The van der Waals surface area contributed by atoms with Crippen LogP contribution in [0.4, 0.5) is 0 Å². The SMILES string of the molecule is CC(O)C(NC(=O)C(N)Cc1ccccc1)C(=O)NC(Cc1ccccc1)C(=O)NC(CC(N)=O)C(=O)NC(CCC(=O)O)C(=O)NC(CC(=O)O)C(=O)NC(Cc1ccccc1)C(=O)O. The average molecular weight is 919 g/mol. The Morgan fingerprint density at radius 1 is 0.485 bits per heavy atom. The van der Waals surface area contributed by atoms with E-state index in [1.165, 1.54) is 6.92 Å². The second kappa shape index (κ2) is 26.2. The zero-order valence-corrected chi connectivity index (χ0v) is 35.8. The Kier molecular flexibility index (Phi) is 20.9. The van der Waals surface area contributed by atoms with Crippen LogP contribution in [-0.2, 0) is 67.2 Å². The van der Waals surface area contributed by atoms with Crippen LogP contribution >= 0.6 is 0 Å². The first-order chi connectivity index (χ1) is 31.2. The number of carbonyl (C=O) groups is 10. The highest BCUT2D eigenvalue weighted by Gasteiger charge is 2.36. The molecule has 0 aliphatic heterocycles. The van der Waals surface area contributed by atoms with Gasteiger partial charge in [-0.15, -0.1) is 0 Å². The molecule has 8 unspecified atom stereocenters. The topological polar surface area (TPSA) is 376 Å². The van der Waals surface area contributed by atoms with E-state index >= 15 is 0 Å². The van der Waals surface area contributed by atoms with Crippen LogP contribution in [0.3, 0.4) is 0 Å². The maximum atomic E-state index is 14.0. The first-order valence-corrected chi connectivity index (χ1v) is 20.6. The molecule has 0 spiro atoms. The number of aliphatic hydroxyl groups excluding tert-OH is 1. The molecule has 7 amide bonds. The smallest absolute Gasteiger partial charge is 0.326 e. The molecular formula is C44H54N8O14. The Balaban J connectivity index is 1.85. The summed E-state index contributed by atoms with van der Waals surface area (Å²) in [5.41, 5.74) is 13.2. The fourth-order valence-electron chi connectivity index (χ4n) is 6.42. The molecule has 0 saturated carbocycles. The van der Waals surface area contributed by atoms with Crippen molar-refractivity contribution in [1.29, 1.82) is 0 Å². The summed E-state index contributed by atoms with van der Waals surface area (Å²) >= 11 is 0. The van der Waals surface area contributed by atoms with Gasteiger partial charge in [0.1, 0.15) is 36.3 Å². The molecule has 0 radical (unpaired) electrons. The van der Waals surface area contributed by atoms with Gasteiger partial charge in [0.15, 0.2) is 0 Å². The van der Waals surface area contributed by atoms with Crippen molar-refractivity contribution < 1.29 is 68.4 Å². The van der Waals surface area contributed by atoms with Crippen molar-refractivity contribution in [3.63, 3.8) is 0 Å². The number of carboxylic acids is 3. The zero-order valence-electron chi connectivity index (χ0n) is 35.8. The molecule has 0 heterocycles. The third kappa shape index (κ3) is 18.2. The normalized spacial score (nSPS) is 14.5. The molecule has 3 aromatic rings. The highest BCUT2D eigenvalue weighted by Crippen LogP contribution is 2.10. The molecule has 22 heteroatoms. The number of carbonyl (C=O) groups excluding carboxylic acids is 7. The van der Waals surface area contributed by atoms with E-state index in [1.807, 2.05) is 0 Å². The number of aliphatic hydroxyl groups is 1. The maximum absolute atomic E-state index is 14.0. The molecule has 14 N–H and O–H groups in total. The van der Waals surface area contributed by atoms with E-state index in [9.17, 15) is 68.4 Å². The van der Waals surface area contributed by atoms with Gasteiger partial charge in [-0.2, -0.15) is 0 Å². The predicted molar refractivity (Wildman–Crippen MR) is 232 cm³/mol. The van der Waals surface area contributed by atoms with Crippen molar-refractivity contribution in [2.75, 3.05) is 0 Å². The third-order valence-corrected chi connectivity index (χ3v) is 9.84. The van der Waals surface area contributed by atoms with Gasteiger partial charge in [0, 0.05) is 19.3 Å². The van der Waals surface area contributed by atoms with E-state index in [1.54, 1.807) is 91.0 Å². The van der Waals surface area contributed by atoms with E-state index in [2.05, 4.69) is 31.9 Å². The summed E-state index contributed by atoms with van der Waals surface area (Å²) in [6.07, 6.45) is -5.35. The van der Waals surface area contributed by atoms with Gasteiger partial charge < -0.3 is 63.8 Å². The molecule has 0 bridgehead atoms. The molecule has 3 rings (SSSR count). The van der Waals surface area contributed by atoms with E-state index in [-0.39, 0.29) is 19.3 Å². The summed E-state index contributed by atoms with van der Waals surface area (Å²) in [6.45, 7) is 1.21. The van der Waals surface area contributed by atoms with Crippen LogP contribution in [-0.4, -0.2) is 128 Å². The monoisotopic (exact) mass is 918 g/mol. The summed E-state index contributed by atoms with van der Waals surface area (Å²) < 4.78 is 0. The summed E-state index contributed by atoms with van der Waals surface area (Å²) in [5.74, 6) is -12.4. The highest BCUT2D eigenvalue weighted by molar-refractivity contribution is 5.99. The van der Waals surface area contributed by atoms with Crippen molar-refractivity contribution in [3.8, 4) is 0 Å². The van der Waals surface area contributed by atoms with E-state index in [0.29, 0.717) is 11.1 Å². The second-order valence-corrected chi connectivity index (χ2v) is 15.2. The quantitative estimate of drug-likeness (QED) is 0.0380. The number of primary amides is 1. The summed E-state index contributed by atoms with van der Waals surface area (Å²) in [6, 6.07) is 13.3. The fourth-order valence-corrected chi connectivity index (χ4v) is 6.42. The maximum Gasteiger partial charge on any atom is 0.326 e. The number of benzene rings is 3. The van der Waals surface area contributed by atoms with Crippen LogP contribution in [0.5, 0.6) is 0 Å². The highest BCUT2D eigenvalue weighted by atomic mass is 16.4. The summed E-state index contributed by atoms with van der Waals surface area (Å²) in [5, 5.41) is 52.9. The Bertz CT molecular complexity index is 2180. The Labute approximate surface area is 378 Å². The molecule has 0 aliphatic rings.